The Kier molecular flexibility index (Phi) is 5.26. The zero-order valence-corrected chi connectivity index (χ0v) is 15.4. The number of fused-ring (bicyclic) bond motifs is 1. The third-order valence-electron chi connectivity index (χ3n) is 4.68. The van der Waals surface area contributed by atoms with E-state index >= 15 is 0 Å². The zero-order valence-electron chi connectivity index (χ0n) is 15.4. The Labute approximate surface area is 154 Å². The van der Waals surface area contributed by atoms with E-state index in [4.69, 9.17) is 4.74 Å². The van der Waals surface area contributed by atoms with Crippen LogP contribution in [-0.4, -0.2) is 36.4 Å². The molecule has 2 aromatic rings. The highest BCUT2D eigenvalue weighted by Gasteiger charge is 2.34. The van der Waals surface area contributed by atoms with Gasteiger partial charge in [-0.2, -0.15) is 0 Å². The second kappa shape index (κ2) is 7.60. The summed E-state index contributed by atoms with van der Waals surface area (Å²) < 4.78 is 5.71. The zero-order chi connectivity index (χ0) is 18.7. The molecule has 0 radical (unpaired) electrons. The molecule has 0 saturated heterocycles. The molecule has 1 aliphatic rings. The lowest BCUT2D eigenvalue weighted by molar-refractivity contribution is -0.143. The molecule has 0 fully saturated rings. The first-order valence-electron chi connectivity index (χ1n) is 8.77. The number of benzene rings is 2. The number of ether oxygens (including phenoxy) is 1. The second-order valence-corrected chi connectivity index (χ2v) is 6.74. The summed E-state index contributed by atoms with van der Waals surface area (Å²) in [6.45, 7) is 4.32. The van der Waals surface area contributed by atoms with Gasteiger partial charge < -0.3 is 15.0 Å². The number of nitrogens with zero attached hydrogens (tertiary/aromatic N) is 1. The van der Waals surface area contributed by atoms with Crippen LogP contribution in [0.3, 0.4) is 0 Å². The van der Waals surface area contributed by atoms with Gasteiger partial charge >= 0.3 is 0 Å². The van der Waals surface area contributed by atoms with Crippen LogP contribution in [-0.2, 0) is 22.6 Å². The lowest BCUT2D eigenvalue weighted by atomic mass is 9.93. The number of carbonyl (C=O) groups is 2. The third kappa shape index (κ3) is 3.87. The lowest BCUT2D eigenvalue weighted by Crippen LogP contribution is -2.53. The van der Waals surface area contributed by atoms with Crippen LogP contribution in [0.25, 0.3) is 0 Å². The first kappa shape index (κ1) is 18.0. The summed E-state index contributed by atoms with van der Waals surface area (Å²) in [5.41, 5.74) is 4.36. The van der Waals surface area contributed by atoms with Crippen molar-refractivity contribution in [3.05, 3.63) is 64.7 Å². The van der Waals surface area contributed by atoms with Gasteiger partial charge in [-0.1, -0.05) is 30.3 Å². The number of amides is 2. The van der Waals surface area contributed by atoms with E-state index in [2.05, 4.69) is 11.4 Å². The number of rotatable bonds is 4. The van der Waals surface area contributed by atoms with E-state index in [1.807, 2.05) is 50.2 Å². The van der Waals surface area contributed by atoms with E-state index in [0.29, 0.717) is 18.7 Å². The predicted molar refractivity (Wildman–Crippen MR) is 100.0 cm³/mol. The van der Waals surface area contributed by atoms with E-state index in [0.717, 1.165) is 22.3 Å². The number of nitrogens with one attached hydrogen (secondary N) is 1. The molecule has 5 nitrogen and oxygen atoms in total. The van der Waals surface area contributed by atoms with Crippen LogP contribution in [0.5, 0.6) is 5.75 Å². The van der Waals surface area contributed by atoms with Gasteiger partial charge in [-0.3, -0.25) is 9.59 Å². The Balaban J connectivity index is 1.76. The van der Waals surface area contributed by atoms with Crippen LogP contribution in [0.4, 0.5) is 0 Å². The molecule has 1 heterocycles. The van der Waals surface area contributed by atoms with Crippen molar-refractivity contribution in [1.29, 1.82) is 0 Å². The Morgan fingerprint density at radius 2 is 1.77 bits per heavy atom. The quantitative estimate of drug-likeness (QED) is 0.919. The van der Waals surface area contributed by atoms with Crippen molar-refractivity contribution in [2.45, 2.75) is 32.9 Å². The Hall–Kier alpha value is -2.82. The number of hydrogen-bond donors (Lipinski definition) is 1. The molecule has 0 bridgehead atoms. The minimum atomic E-state index is -0.509. The Morgan fingerprint density at radius 3 is 2.42 bits per heavy atom. The van der Waals surface area contributed by atoms with Crippen molar-refractivity contribution in [2.24, 2.45) is 0 Å². The van der Waals surface area contributed by atoms with Crippen LogP contribution < -0.4 is 10.1 Å². The van der Waals surface area contributed by atoms with Crippen molar-refractivity contribution in [2.75, 3.05) is 13.7 Å². The second-order valence-electron chi connectivity index (χ2n) is 6.74. The maximum atomic E-state index is 12.8. The standard InChI is InChI=1S/C21H24N2O3/c1-14-8-15(2)10-18(9-14)26-13-20(24)23-12-17-7-5-4-6-16(17)11-19(23)21(25)22-3/h4-10,19H,11-13H2,1-3H3,(H,22,25)/t19-/m0/s1. The molecule has 1 N–H and O–H groups in total. The smallest absolute Gasteiger partial charge is 0.261 e. The van der Waals surface area contributed by atoms with Gasteiger partial charge in [0.25, 0.3) is 5.91 Å². The SMILES string of the molecule is CNC(=O)[C@@H]1Cc2ccccc2CN1C(=O)COc1cc(C)cc(C)c1. The molecular formula is C21H24N2O3. The van der Waals surface area contributed by atoms with Gasteiger partial charge in [0.15, 0.2) is 6.61 Å². The highest BCUT2D eigenvalue weighted by molar-refractivity contribution is 5.88. The molecule has 3 rings (SSSR count). The fourth-order valence-electron chi connectivity index (χ4n) is 3.43. The molecule has 0 saturated carbocycles. The summed E-state index contributed by atoms with van der Waals surface area (Å²) in [7, 11) is 1.59. The average molecular weight is 352 g/mol. The van der Waals surface area contributed by atoms with Crippen LogP contribution in [0.2, 0.25) is 0 Å². The summed E-state index contributed by atoms with van der Waals surface area (Å²) in [4.78, 5) is 26.7. The van der Waals surface area contributed by atoms with Gasteiger partial charge in [-0.15, -0.1) is 0 Å². The Bertz CT molecular complexity index is 812. The van der Waals surface area contributed by atoms with E-state index in [9.17, 15) is 9.59 Å². The first-order chi connectivity index (χ1) is 12.5. The van der Waals surface area contributed by atoms with Gasteiger partial charge in [0, 0.05) is 20.0 Å². The number of aryl methyl sites for hydroxylation is 2. The van der Waals surface area contributed by atoms with Crippen molar-refractivity contribution < 1.29 is 14.3 Å². The third-order valence-corrected chi connectivity index (χ3v) is 4.68. The largest absolute Gasteiger partial charge is 0.484 e. The maximum absolute atomic E-state index is 12.8. The molecular weight excluding hydrogens is 328 g/mol. The van der Waals surface area contributed by atoms with Crippen molar-refractivity contribution in [3.63, 3.8) is 0 Å². The van der Waals surface area contributed by atoms with Crippen molar-refractivity contribution >= 4 is 11.8 Å². The first-order valence-corrected chi connectivity index (χ1v) is 8.77. The van der Waals surface area contributed by atoms with Crippen LogP contribution in [0.1, 0.15) is 22.3 Å². The number of likely N-dealkylation sites (N-methyl/N-ethyl adjacent to an activating group) is 1. The fourth-order valence-corrected chi connectivity index (χ4v) is 3.43. The normalized spacial score (nSPS) is 16.0. The predicted octanol–water partition coefficient (Wildman–Crippen LogP) is 2.38. The highest BCUT2D eigenvalue weighted by Crippen LogP contribution is 2.24. The molecule has 2 amide bonds. The van der Waals surface area contributed by atoms with Crippen LogP contribution in [0.15, 0.2) is 42.5 Å². The minimum Gasteiger partial charge on any atom is -0.484 e. The van der Waals surface area contributed by atoms with Gasteiger partial charge in [-0.25, -0.2) is 0 Å². The minimum absolute atomic E-state index is 0.0848. The van der Waals surface area contributed by atoms with E-state index in [1.54, 1.807) is 11.9 Å². The topological polar surface area (TPSA) is 58.6 Å². The summed E-state index contributed by atoms with van der Waals surface area (Å²) in [6, 6.07) is 13.3. The van der Waals surface area contributed by atoms with Crippen LogP contribution >= 0.6 is 0 Å². The number of hydrogen-bond acceptors (Lipinski definition) is 3. The molecule has 2 aromatic carbocycles. The van der Waals surface area contributed by atoms with Crippen LogP contribution in [0, 0.1) is 13.8 Å². The summed E-state index contributed by atoms with van der Waals surface area (Å²) >= 11 is 0. The van der Waals surface area contributed by atoms with E-state index in [1.165, 1.54) is 0 Å². The molecule has 0 spiro atoms. The summed E-state index contributed by atoms with van der Waals surface area (Å²) in [5.74, 6) is 0.330. The molecule has 5 heteroatoms. The molecule has 1 aliphatic heterocycles. The molecule has 0 aromatic heterocycles. The molecule has 1 atom stereocenters. The highest BCUT2D eigenvalue weighted by atomic mass is 16.5. The van der Waals surface area contributed by atoms with Gasteiger partial charge in [0.1, 0.15) is 11.8 Å². The molecule has 0 aliphatic carbocycles. The molecule has 0 unspecified atom stereocenters. The monoisotopic (exact) mass is 352 g/mol. The number of carbonyl (C=O) groups excluding carboxylic acids is 2. The Morgan fingerprint density at radius 1 is 1.12 bits per heavy atom. The van der Waals surface area contributed by atoms with Gasteiger partial charge in [0.05, 0.1) is 0 Å². The maximum Gasteiger partial charge on any atom is 0.261 e. The summed E-state index contributed by atoms with van der Waals surface area (Å²) in [5, 5.41) is 2.67. The van der Waals surface area contributed by atoms with Gasteiger partial charge in [-0.05, 0) is 48.2 Å². The summed E-state index contributed by atoms with van der Waals surface area (Å²) in [6.07, 6.45) is 0.519. The lowest BCUT2D eigenvalue weighted by Gasteiger charge is -2.35. The van der Waals surface area contributed by atoms with Gasteiger partial charge in [0.2, 0.25) is 5.91 Å². The average Bonchev–Trinajstić information content (AvgIpc) is 2.63. The van der Waals surface area contributed by atoms with Crippen molar-refractivity contribution in [3.8, 4) is 5.75 Å². The van der Waals surface area contributed by atoms with Crippen molar-refractivity contribution in [1.82, 2.24) is 10.2 Å². The molecule has 26 heavy (non-hydrogen) atoms. The van der Waals surface area contributed by atoms with E-state index in [-0.39, 0.29) is 18.4 Å². The molecule has 136 valence electrons. The fraction of sp³-hybridized carbons (Fsp3) is 0.333. The van der Waals surface area contributed by atoms with E-state index < -0.39 is 6.04 Å².